The highest BCUT2D eigenvalue weighted by Gasteiger charge is 2.23. The maximum atomic E-state index is 14.4. The molecule has 13 heteroatoms. The Morgan fingerprint density at radius 2 is 1.67 bits per heavy atom. The van der Waals surface area contributed by atoms with E-state index >= 15 is 0 Å². The Balaban J connectivity index is 1.74. The Morgan fingerprint density at radius 3 is 2.28 bits per heavy atom. The van der Waals surface area contributed by atoms with Crippen molar-refractivity contribution in [2.24, 2.45) is 0 Å². The molecule has 3 aromatic carbocycles. The van der Waals surface area contributed by atoms with E-state index in [1.165, 1.54) is 57.7 Å². The van der Waals surface area contributed by atoms with Crippen molar-refractivity contribution < 1.29 is 28.3 Å². The Kier molecular flexibility index (Phi) is 8.06. The van der Waals surface area contributed by atoms with Crippen LogP contribution >= 0.6 is 11.6 Å². The second-order valence-corrected chi connectivity index (χ2v) is 8.28. The molecule has 0 radical (unpaired) electrons. The van der Waals surface area contributed by atoms with Crippen molar-refractivity contribution in [1.82, 2.24) is 9.97 Å². The fourth-order valence-electron chi connectivity index (χ4n) is 3.67. The van der Waals surface area contributed by atoms with Gasteiger partial charge in [-0.25, -0.2) is 9.37 Å². The molecule has 0 aliphatic heterocycles. The summed E-state index contributed by atoms with van der Waals surface area (Å²) < 4.78 is 30.4. The fraction of sp³-hybridized carbons (Fsp3) is 0.115. The van der Waals surface area contributed by atoms with Crippen LogP contribution in [0.5, 0.6) is 17.2 Å². The van der Waals surface area contributed by atoms with Crippen LogP contribution in [0.3, 0.4) is 0 Å². The average molecular weight is 554 g/mol. The number of halogens is 2. The molecule has 0 atom stereocenters. The van der Waals surface area contributed by atoms with E-state index in [0.29, 0.717) is 22.9 Å². The maximum absolute atomic E-state index is 14.4. The summed E-state index contributed by atoms with van der Waals surface area (Å²) in [4.78, 5) is 32.5. The van der Waals surface area contributed by atoms with Crippen molar-refractivity contribution in [3.63, 3.8) is 0 Å². The summed E-state index contributed by atoms with van der Waals surface area (Å²) in [5.41, 5.74) is -0.117. The normalized spacial score (nSPS) is 10.5. The Hall–Kier alpha value is -4.97. The molecule has 0 saturated heterocycles. The standard InChI is InChI=1S/C26H21ClFN5O6/c1-37-21-11-15(12-22(38-2)24(21)39-3)30-26-29-13-20(33(35)36)25(32-26)31-19-9-8-14(27)10-17(19)23(34)16-6-4-5-7-18(16)28/h4-13H,1-3H3,(H2,29,30,31,32). The van der Waals surface area contributed by atoms with Gasteiger partial charge in [-0.2, -0.15) is 4.98 Å². The number of ether oxygens (including phenoxy) is 3. The lowest BCUT2D eigenvalue weighted by molar-refractivity contribution is -0.384. The Morgan fingerprint density at radius 1 is 0.974 bits per heavy atom. The molecule has 0 saturated carbocycles. The van der Waals surface area contributed by atoms with Crippen LogP contribution < -0.4 is 24.8 Å². The van der Waals surface area contributed by atoms with Crippen LogP contribution in [0.1, 0.15) is 15.9 Å². The number of benzene rings is 3. The van der Waals surface area contributed by atoms with Gasteiger partial charge in [0.2, 0.25) is 17.5 Å². The van der Waals surface area contributed by atoms with E-state index in [2.05, 4.69) is 20.6 Å². The van der Waals surface area contributed by atoms with Crippen molar-refractivity contribution >= 4 is 46.2 Å². The van der Waals surface area contributed by atoms with E-state index in [0.717, 1.165) is 12.3 Å². The van der Waals surface area contributed by atoms with Crippen molar-refractivity contribution in [1.29, 1.82) is 0 Å². The highest BCUT2D eigenvalue weighted by Crippen LogP contribution is 2.40. The first-order valence-electron chi connectivity index (χ1n) is 11.2. The number of hydrogen-bond donors (Lipinski definition) is 2. The summed E-state index contributed by atoms with van der Waals surface area (Å²) >= 11 is 6.11. The van der Waals surface area contributed by atoms with Crippen molar-refractivity contribution in [3.05, 3.63) is 92.9 Å². The molecule has 0 unspecified atom stereocenters. The summed E-state index contributed by atoms with van der Waals surface area (Å²) in [5.74, 6) is -0.562. The van der Waals surface area contributed by atoms with Crippen LogP contribution in [0.4, 0.5) is 33.2 Å². The summed E-state index contributed by atoms with van der Waals surface area (Å²) in [6, 6.07) is 12.9. The zero-order valence-electron chi connectivity index (χ0n) is 20.8. The van der Waals surface area contributed by atoms with Crippen LogP contribution in [-0.2, 0) is 0 Å². The molecule has 200 valence electrons. The highest BCUT2D eigenvalue weighted by molar-refractivity contribution is 6.31. The van der Waals surface area contributed by atoms with Gasteiger partial charge in [0.25, 0.3) is 0 Å². The van der Waals surface area contributed by atoms with E-state index in [4.69, 9.17) is 25.8 Å². The molecule has 0 amide bonds. The third-order valence-electron chi connectivity index (χ3n) is 5.48. The number of rotatable bonds is 10. The topological polar surface area (TPSA) is 138 Å². The number of nitro groups is 1. The number of nitrogens with one attached hydrogen (secondary N) is 2. The van der Waals surface area contributed by atoms with Gasteiger partial charge in [-0.05, 0) is 30.3 Å². The number of anilines is 4. The zero-order chi connectivity index (χ0) is 28.1. The maximum Gasteiger partial charge on any atom is 0.329 e. The SMILES string of the molecule is COc1cc(Nc2ncc([N+](=O)[O-])c(Nc3ccc(Cl)cc3C(=O)c3ccccc3F)n2)cc(OC)c1OC. The molecule has 0 bridgehead atoms. The summed E-state index contributed by atoms with van der Waals surface area (Å²) in [6.45, 7) is 0. The van der Waals surface area contributed by atoms with Crippen LogP contribution in [-0.4, -0.2) is 42.0 Å². The summed E-state index contributed by atoms with van der Waals surface area (Å²) in [5, 5.41) is 17.7. The van der Waals surface area contributed by atoms with Crippen LogP contribution in [0, 0.1) is 15.9 Å². The lowest BCUT2D eigenvalue weighted by Crippen LogP contribution is -2.10. The minimum Gasteiger partial charge on any atom is -0.493 e. The van der Waals surface area contributed by atoms with E-state index in [9.17, 15) is 19.3 Å². The van der Waals surface area contributed by atoms with Crippen LogP contribution in [0.25, 0.3) is 0 Å². The number of carbonyl (C=O) groups excluding carboxylic acids is 1. The minimum absolute atomic E-state index is 0.0142. The molecule has 1 heterocycles. The molecular formula is C26H21ClFN5O6. The molecule has 1 aromatic heterocycles. The second kappa shape index (κ2) is 11.6. The highest BCUT2D eigenvalue weighted by atomic mass is 35.5. The van der Waals surface area contributed by atoms with Crippen molar-refractivity contribution in [2.45, 2.75) is 0 Å². The van der Waals surface area contributed by atoms with E-state index in [-0.39, 0.29) is 33.6 Å². The lowest BCUT2D eigenvalue weighted by atomic mass is 10.0. The first-order chi connectivity index (χ1) is 18.7. The van der Waals surface area contributed by atoms with Gasteiger partial charge < -0.3 is 24.8 Å². The smallest absolute Gasteiger partial charge is 0.329 e. The molecule has 11 nitrogen and oxygen atoms in total. The molecule has 0 aliphatic carbocycles. The monoisotopic (exact) mass is 553 g/mol. The molecular weight excluding hydrogens is 533 g/mol. The third-order valence-corrected chi connectivity index (χ3v) is 5.72. The van der Waals surface area contributed by atoms with Gasteiger partial charge in [-0.15, -0.1) is 0 Å². The Labute approximate surface area is 226 Å². The van der Waals surface area contributed by atoms with Gasteiger partial charge in [0.05, 0.1) is 37.5 Å². The van der Waals surface area contributed by atoms with Gasteiger partial charge in [0.1, 0.15) is 12.0 Å². The van der Waals surface area contributed by atoms with Gasteiger partial charge in [-0.1, -0.05) is 23.7 Å². The van der Waals surface area contributed by atoms with Gasteiger partial charge >= 0.3 is 5.69 Å². The molecule has 39 heavy (non-hydrogen) atoms. The predicted molar refractivity (Wildman–Crippen MR) is 143 cm³/mol. The van der Waals surface area contributed by atoms with E-state index in [1.54, 1.807) is 12.1 Å². The van der Waals surface area contributed by atoms with Gasteiger partial charge in [0, 0.05) is 28.4 Å². The lowest BCUT2D eigenvalue weighted by Gasteiger charge is -2.15. The summed E-state index contributed by atoms with van der Waals surface area (Å²) in [6.07, 6.45) is 1.00. The number of carbonyl (C=O) groups is 1. The number of methoxy groups -OCH3 is 3. The van der Waals surface area contributed by atoms with Gasteiger partial charge in [0.15, 0.2) is 17.3 Å². The van der Waals surface area contributed by atoms with E-state index < -0.39 is 22.2 Å². The first-order valence-corrected chi connectivity index (χ1v) is 11.6. The predicted octanol–water partition coefficient (Wildman–Crippen LogP) is 5.92. The van der Waals surface area contributed by atoms with E-state index in [1.807, 2.05) is 0 Å². The molecule has 4 aromatic rings. The summed E-state index contributed by atoms with van der Waals surface area (Å²) in [7, 11) is 4.38. The number of hydrogen-bond acceptors (Lipinski definition) is 10. The largest absolute Gasteiger partial charge is 0.493 e. The molecule has 0 aliphatic rings. The fourth-order valence-corrected chi connectivity index (χ4v) is 3.85. The number of aromatic nitrogens is 2. The molecule has 0 spiro atoms. The zero-order valence-corrected chi connectivity index (χ0v) is 21.6. The average Bonchev–Trinajstić information content (AvgIpc) is 2.93. The quantitative estimate of drug-likeness (QED) is 0.138. The van der Waals surface area contributed by atoms with Gasteiger partial charge in [-0.3, -0.25) is 14.9 Å². The van der Waals surface area contributed by atoms with Crippen molar-refractivity contribution in [2.75, 3.05) is 32.0 Å². The van der Waals surface area contributed by atoms with Crippen LogP contribution in [0.15, 0.2) is 60.8 Å². The van der Waals surface area contributed by atoms with Crippen LogP contribution in [0.2, 0.25) is 5.02 Å². The number of ketones is 1. The molecule has 4 rings (SSSR count). The number of nitrogens with zero attached hydrogens (tertiary/aromatic N) is 3. The Bertz CT molecular complexity index is 1540. The second-order valence-electron chi connectivity index (χ2n) is 7.85. The molecule has 0 fully saturated rings. The third kappa shape index (κ3) is 5.80. The molecule has 2 N–H and O–H groups in total. The minimum atomic E-state index is -0.724. The van der Waals surface area contributed by atoms with Crippen molar-refractivity contribution in [3.8, 4) is 17.2 Å². The first kappa shape index (κ1) is 27.1.